The number of alkyl halides is 3. The van der Waals surface area contributed by atoms with Gasteiger partial charge in [0.2, 0.25) is 0 Å². The summed E-state index contributed by atoms with van der Waals surface area (Å²) in [5.74, 6) is -0.139. The third kappa shape index (κ3) is 4.60. The number of aromatic nitrogens is 2. The summed E-state index contributed by atoms with van der Waals surface area (Å²) in [6.45, 7) is 3.87. The highest BCUT2D eigenvalue weighted by atomic mass is 19.4. The maximum atomic E-state index is 12.7. The number of ether oxygens (including phenoxy) is 1. The molecule has 0 amide bonds. The second kappa shape index (κ2) is 8.01. The third-order valence-electron chi connectivity index (χ3n) is 4.54. The molecule has 2 saturated heterocycles. The Hall–Kier alpha value is -1.53. The largest absolute Gasteiger partial charge is 0.434 e. The average Bonchev–Trinajstić information content (AvgIpc) is 2.62. The average molecular weight is 377 g/mol. The Labute approximate surface area is 148 Å². The molecule has 3 rings (SSSR count). The summed E-state index contributed by atoms with van der Waals surface area (Å²) in [5, 5.41) is 26.6. The minimum atomic E-state index is -4.61. The van der Waals surface area contributed by atoms with Crippen molar-refractivity contribution in [3.8, 4) is 0 Å². The van der Waals surface area contributed by atoms with Crippen molar-refractivity contribution in [1.29, 1.82) is 0 Å². The van der Waals surface area contributed by atoms with E-state index >= 15 is 0 Å². The molecule has 4 N–H and O–H groups in total. The quantitative estimate of drug-likeness (QED) is 0.547. The highest BCUT2D eigenvalue weighted by Crippen LogP contribution is 2.28. The number of piperazine rings is 1. The van der Waals surface area contributed by atoms with Crippen molar-refractivity contribution in [2.75, 3.05) is 44.6 Å². The number of nitrogens with zero attached hydrogens (tertiary/aromatic N) is 3. The summed E-state index contributed by atoms with van der Waals surface area (Å²) in [4.78, 5) is 9.09. The molecule has 11 heteroatoms. The minimum absolute atomic E-state index is 0.0346. The minimum Gasteiger partial charge on any atom is -0.388 e. The fourth-order valence-electron chi connectivity index (χ4n) is 3.08. The molecule has 0 unspecified atom stereocenters. The lowest BCUT2D eigenvalue weighted by Gasteiger charge is -2.40. The van der Waals surface area contributed by atoms with Crippen LogP contribution in [0.5, 0.6) is 0 Å². The number of aliphatic hydroxyl groups is 2. The Morgan fingerprint density at radius 3 is 2.65 bits per heavy atom. The first kappa shape index (κ1) is 19.2. The number of nitrogens with one attached hydrogen (secondary N) is 2. The van der Waals surface area contributed by atoms with Gasteiger partial charge in [-0.3, -0.25) is 9.88 Å². The monoisotopic (exact) mass is 377 g/mol. The fourth-order valence-corrected chi connectivity index (χ4v) is 3.08. The van der Waals surface area contributed by atoms with Gasteiger partial charge in [0, 0.05) is 32.7 Å². The number of anilines is 1. The van der Waals surface area contributed by atoms with E-state index in [9.17, 15) is 23.4 Å². The van der Waals surface area contributed by atoms with E-state index in [4.69, 9.17) is 4.74 Å². The van der Waals surface area contributed by atoms with Crippen LogP contribution in [0.4, 0.5) is 19.0 Å². The molecule has 1 aromatic heterocycles. The summed E-state index contributed by atoms with van der Waals surface area (Å²) < 4.78 is 43.8. The van der Waals surface area contributed by atoms with E-state index in [0.717, 1.165) is 32.4 Å². The van der Waals surface area contributed by atoms with Gasteiger partial charge in [-0.1, -0.05) is 0 Å². The van der Waals surface area contributed by atoms with Crippen molar-refractivity contribution in [2.45, 2.75) is 30.5 Å². The molecule has 2 aliphatic heterocycles. The zero-order valence-corrected chi connectivity index (χ0v) is 14.0. The van der Waals surface area contributed by atoms with Gasteiger partial charge in [-0.25, -0.2) is 4.98 Å². The van der Waals surface area contributed by atoms with Crippen molar-refractivity contribution in [1.82, 2.24) is 20.2 Å². The second-order valence-corrected chi connectivity index (χ2v) is 6.44. The van der Waals surface area contributed by atoms with Gasteiger partial charge in [0.25, 0.3) is 0 Å². The number of hydrogen-bond acceptors (Lipinski definition) is 8. The lowest BCUT2D eigenvalue weighted by atomic mass is 9.97. The lowest BCUT2D eigenvalue weighted by Crippen LogP contribution is -2.59. The summed E-state index contributed by atoms with van der Waals surface area (Å²) in [6, 6.07) is -0.790. The van der Waals surface area contributed by atoms with Crippen LogP contribution in [0.3, 0.4) is 0 Å². The first-order valence-corrected chi connectivity index (χ1v) is 8.41. The van der Waals surface area contributed by atoms with Crippen molar-refractivity contribution in [3.63, 3.8) is 0 Å². The lowest BCUT2D eigenvalue weighted by molar-refractivity contribution is -0.147. The highest BCUT2D eigenvalue weighted by molar-refractivity contribution is 5.34. The van der Waals surface area contributed by atoms with Crippen molar-refractivity contribution >= 4 is 5.82 Å². The second-order valence-electron chi connectivity index (χ2n) is 6.44. The van der Waals surface area contributed by atoms with E-state index in [1.807, 2.05) is 0 Å². The Morgan fingerprint density at radius 1 is 1.23 bits per heavy atom. The third-order valence-corrected chi connectivity index (χ3v) is 4.54. The number of rotatable bonds is 4. The number of aliphatic hydroxyl groups excluding tert-OH is 2. The standard InChI is InChI=1S/C15H22F3N5O3/c16-15(17,18)11-5-20-6-12(22-11)21-9-8-26-10(14(25)13(9)24)7-23-3-1-19-2-4-23/h5-6,9-10,13-14,19,24-25H,1-4,7-8H2,(H,21,22)/t9-,10+,13+,14-/m0/s1. The van der Waals surface area contributed by atoms with Gasteiger partial charge in [0.1, 0.15) is 18.0 Å². The van der Waals surface area contributed by atoms with Gasteiger partial charge in [0.15, 0.2) is 5.69 Å². The van der Waals surface area contributed by atoms with Crippen molar-refractivity contribution in [3.05, 3.63) is 18.1 Å². The molecule has 146 valence electrons. The molecule has 0 radical (unpaired) electrons. The highest BCUT2D eigenvalue weighted by Gasteiger charge is 2.40. The molecule has 0 spiro atoms. The first-order valence-electron chi connectivity index (χ1n) is 8.41. The molecular weight excluding hydrogens is 355 g/mol. The van der Waals surface area contributed by atoms with Gasteiger partial charge in [0.05, 0.1) is 31.1 Å². The van der Waals surface area contributed by atoms with E-state index in [2.05, 4.69) is 25.5 Å². The molecule has 4 atom stereocenters. The summed E-state index contributed by atoms with van der Waals surface area (Å²) in [7, 11) is 0. The zero-order valence-electron chi connectivity index (χ0n) is 14.0. The molecule has 0 bridgehead atoms. The van der Waals surface area contributed by atoms with Crippen molar-refractivity contribution < 1.29 is 28.1 Å². The Balaban J connectivity index is 1.59. The van der Waals surface area contributed by atoms with Gasteiger partial charge < -0.3 is 25.6 Å². The fraction of sp³-hybridized carbons (Fsp3) is 0.733. The van der Waals surface area contributed by atoms with Crippen LogP contribution in [-0.2, 0) is 10.9 Å². The van der Waals surface area contributed by atoms with E-state index < -0.39 is 36.2 Å². The summed E-state index contributed by atoms with van der Waals surface area (Å²) >= 11 is 0. The van der Waals surface area contributed by atoms with Crippen LogP contribution in [0.1, 0.15) is 5.69 Å². The topological polar surface area (TPSA) is 103 Å². The number of hydrogen-bond donors (Lipinski definition) is 4. The normalized spacial score (nSPS) is 31.0. The molecule has 0 saturated carbocycles. The molecule has 1 aromatic rings. The van der Waals surface area contributed by atoms with Crippen molar-refractivity contribution in [2.24, 2.45) is 0 Å². The number of halogens is 3. The Morgan fingerprint density at radius 2 is 1.96 bits per heavy atom. The predicted octanol–water partition coefficient (Wildman–Crippen LogP) is -0.698. The molecule has 0 aromatic carbocycles. The van der Waals surface area contributed by atoms with Crippen LogP contribution in [0.15, 0.2) is 12.4 Å². The van der Waals surface area contributed by atoms with Crippen LogP contribution in [0, 0.1) is 0 Å². The molecule has 2 aliphatic rings. The van der Waals surface area contributed by atoms with E-state index in [-0.39, 0.29) is 12.4 Å². The van der Waals surface area contributed by atoms with Gasteiger partial charge >= 0.3 is 6.18 Å². The zero-order chi connectivity index (χ0) is 18.7. The molecular formula is C15H22F3N5O3. The van der Waals surface area contributed by atoms with E-state index in [1.165, 1.54) is 0 Å². The molecule has 26 heavy (non-hydrogen) atoms. The first-order chi connectivity index (χ1) is 12.3. The van der Waals surface area contributed by atoms with Gasteiger partial charge in [-0.15, -0.1) is 0 Å². The van der Waals surface area contributed by atoms with Crippen LogP contribution >= 0.6 is 0 Å². The van der Waals surface area contributed by atoms with Gasteiger partial charge in [-0.05, 0) is 0 Å². The van der Waals surface area contributed by atoms with Crippen LogP contribution in [0.2, 0.25) is 0 Å². The van der Waals surface area contributed by atoms with E-state index in [0.29, 0.717) is 12.7 Å². The molecule has 2 fully saturated rings. The molecule has 3 heterocycles. The summed E-state index contributed by atoms with van der Waals surface area (Å²) in [5.41, 5.74) is -1.13. The Bertz CT molecular complexity index is 600. The summed E-state index contributed by atoms with van der Waals surface area (Å²) in [6.07, 6.45) is -5.78. The molecule has 8 nitrogen and oxygen atoms in total. The van der Waals surface area contributed by atoms with Crippen LogP contribution in [-0.4, -0.2) is 88.8 Å². The Kier molecular flexibility index (Phi) is 5.92. The SMILES string of the molecule is O[C@@H]1[C@H](O)[C@@H](Nc2cncc(C(F)(F)F)n2)CO[C@@H]1CN1CCNCC1. The predicted molar refractivity (Wildman–Crippen MR) is 85.5 cm³/mol. The van der Waals surface area contributed by atoms with Crippen LogP contribution < -0.4 is 10.6 Å². The maximum Gasteiger partial charge on any atom is 0.434 e. The smallest absolute Gasteiger partial charge is 0.388 e. The van der Waals surface area contributed by atoms with E-state index in [1.54, 1.807) is 0 Å². The van der Waals surface area contributed by atoms with Crippen LogP contribution in [0.25, 0.3) is 0 Å². The van der Waals surface area contributed by atoms with Gasteiger partial charge in [-0.2, -0.15) is 13.2 Å². The maximum absolute atomic E-state index is 12.7. The molecule has 0 aliphatic carbocycles.